The van der Waals surface area contributed by atoms with Crippen molar-refractivity contribution >= 4 is 75.4 Å². The molecule has 0 unspecified atom stereocenters. The second kappa shape index (κ2) is 9.36. The van der Waals surface area contributed by atoms with Gasteiger partial charge in [-0.15, -0.1) is 11.3 Å². The van der Waals surface area contributed by atoms with Gasteiger partial charge in [0.2, 0.25) is 0 Å². The van der Waals surface area contributed by atoms with E-state index >= 15 is 0 Å². The molecule has 0 saturated carbocycles. The number of thiophene rings is 1. The molecular formula is C40H23N3OS. The first kappa shape index (κ1) is 24.6. The van der Waals surface area contributed by atoms with E-state index in [1.165, 1.54) is 15.5 Å². The highest BCUT2D eigenvalue weighted by Crippen LogP contribution is 2.43. The summed E-state index contributed by atoms with van der Waals surface area (Å²) in [6.07, 6.45) is 0. The van der Waals surface area contributed by atoms with Crippen LogP contribution in [-0.2, 0) is 0 Å². The lowest BCUT2D eigenvalue weighted by molar-refractivity contribution is 0.669. The highest BCUT2D eigenvalue weighted by Gasteiger charge is 2.22. The zero-order valence-electron chi connectivity index (χ0n) is 23.9. The van der Waals surface area contributed by atoms with E-state index in [1.807, 2.05) is 18.2 Å². The summed E-state index contributed by atoms with van der Waals surface area (Å²) in [5.74, 6) is 0.710. The number of aromatic nitrogens is 3. The molecule has 5 heteroatoms. The Kier molecular flexibility index (Phi) is 5.12. The zero-order chi connectivity index (χ0) is 29.5. The van der Waals surface area contributed by atoms with Crippen molar-refractivity contribution < 1.29 is 4.42 Å². The summed E-state index contributed by atoms with van der Waals surface area (Å²) in [6.45, 7) is 0. The standard InChI is InChI=1S/C40H23N3OS/c1-2-12-24(13-3-1)37-39-38(28-17-7-11-21-34(28)45-39)42-40(41-37)26-15-5-9-19-30(26)43-29-18-8-4-14-25(29)35-31(43)22-23-33-36(35)27-16-6-10-20-32(27)44-33/h1-23H. The van der Waals surface area contributed by atoms with Crippen molar-refractivity contribution in [3.05, 3.63) is 140 Å². The molecule has 0 atom stereocenters. The average Bonchev–Trinajstić information content (AvgIpc) is 3.77. The maximum Gasteiger partial charge on any atom is 0.162 e. The number of rotatable bonds is 3. The summed E-state index contributed by atoms with van der Waals surface area (Å²) in [7, 11) is 0. The van der Waals surface area contributed by atoms with Gasteiger partial charge in [-0.1, -0.05) is 97.1 Å². The summed E-state index contributed by atoms with van der Waals surface area (Å²) < 4.78 is 11.0. The summed E-state index contributed by atoms with van der Waals surface area (Å²) in [4.78, 5) is 10.6. The predicted molar refractivity (Wildman–Crippen MR) is 187 cm³/mol. The SMILES string of the molecule is c1ccc(-c2nc(-c3ccccc3-n3c4ccccc4c4c5c(ccc43)oc3ccccc35)nc3c2sc2ccccc23)cc1. The van der Waals surface area contributed by atoms with Crippen molar-refractivity contribution in [2.45, 2.75) is 0 Å². The van der Waals surface area contributed by atoms with Crippen molar-refractivity contribution in [3.63, 3.8) is 0 Å². The second-order valence-corrected chi connectivity index (χ2v) is 12.4. The van der Waals surface area contributed by atoms with Crippen molar-refractivity contribution in [2.24, 2.45) is 0 Å². The van der Waals surface area contributed by atoms with Crippen LogP contribution in [0.25, 0.3) is 92.4 Å². The van der Waals surface area contributed by atoms with Gasteiger partial charge in [0, 0.05) is 42.8 Å². The first-order valence-electron chi connectivity index (χ1n) is 15.0. The Morgan fingerprint density at radius 1 is 0.533 bits per heavy atom. The van der Waals surface area contributed by atoms with E-state index in [1.54, 1.807) is 11.3 Å². The van der Waals surface area contributed by atoms with E-state index in [0.717, 1.165) is 71.1 Å². The van der Waals surface area contributed by atoms with Crippen molar-refractivity contribution in [2.75, 3.05) is 0 Å². The van der Waals surface area contributed by atoms with Crippen LogP contribution < -0.4 is 0 Å². The predicted octanol–water partition coefficient (Wildman–Crippen LogP) is 11.2. The number of hydrogen-bond donors (Lipinski definition) is 0. The lowest BCUT2D eigenvalue weighted by Crippen LogP contribution is -2.00. The molecule has 10 rings (SSSR count). The van der Waals surface area contributed by atoms with Gasteiger partial charge in [-0.25, -0.2) is 9.97 Å². The lowest BCUT2D eigenvalue weighted by atomic mass is 10.1. The first-order chi connectivity index (χ1) is 22.3. The molecule has 0 saturated heterocycles. The van der Waals surface area contributed by atoms with Crippen LogP contribution in [0.1, 0.15) is 0 Å². The molecule has 0 aliphatic carbocycles. The Balaban J connectivity index is 1.32. The topological polar surface area (TPSA) is 43.9 Å². The fourth-order valence-electron chi connectivity index (χ4n) is 6.89. The van der Waals surface area contributed by atoms with Crippen LogP contribution >= 0.6 is 11.3 Å². The Hall–Kier alpha value is -5.78. The second-order valence-electron chi connectivity index (χ2n) is 11.3. The Labute approximate surface area is 261 Å². The number of furan rings is 1. The number of benzene rings is 6. The van der Waals surface area contributed by atoms with Gasteiger partial charge < -0.3 is 8.98 Å². The Bertz CT molecular complexity index is 2770. The van der Waals surface area contributed by atoms with Gasteiger partial charge >= 0.3 is 0 Å². The zero-order valence-corrected chi connectivity index (χ0v) is 24.8. The molecule has 0 fully saturated rings. The van der Waals surface area contributed by atoms with Gasteiger partial charge in [-0.05, 0) is 42.5 Å². The highest BCUT2D eigenvalue weighted by atomic mass is 32.1. The Morgan fingerprint density at radius 2 is 1.27 bits per heavy atom. The average molecular weight is 594 g/mol. The van der Waals surface area contributed by atoms with Crippen molar-refractivity contribution in [1.82, 2.24) is 14.5 Å². The van der Waals surface area contributed by atoms with E-state index in [4.69, 9.17) is 14.4 Å². The van der Waals surface area contributed by atoms with Crippen LogP contribution in [0.4, 0.5) is 0 Å². The number of hydrogen-bond acceptors (Lipinski definition) is 4. The van der Waals surface area contributed by atoms with Gasteiger partial charge in [0.1, 0.15) is 11.2 Å². The van der Waals surface area contributed by atoms with Crippen LogP contribution in [0.5, 0.6) is 0 Å². The molecule has 0 aliphatic heterocycles. The highest BCUT2D eigenvalue weighted by molar-refractivity contribution is 7.26. The molecule has 0 aliphatic rings. The van der Waals surface area contributed by atoms with Gasteiger partial charge in [-0.3, -0.25) is 0 Å². The van der Waals surface area contributed by atoms with Gasteiger partial charge in [0.05, 0.1) is 32.6 Å². The first-order valence-corrected chi connectivity index (χ1v) is 15.8. The minimum Gasteiger partial charge on any atom is -0.456 e. The van der Waals surface area contributed by atoms with Crippen LogP contribution in [-0.4, -0.2) is 14.5 Å². The minimum atomic E-state index is 0.710. The summed E-state index contributed by atoms with van der Waals surface area (Å²) in [5.41, 5.74) is 9.09. The molecule has 10 aromatic rings. The van der Waals surface area contributed by atoms with E-state index in [-0.39, 0.29) is 0 Å². The molecule has 0 radical (unpaired) electrons. The quantitative estimate of drug-likeness (QED) is 0.205. The fourth-order valence-corrected chi connectivity index (χ4v) is 8.05. The summed E-state index contributed by atoms with van der Waals surface area (Å²) in [5, 5.41) is 5.80. The molecule has 6 aromatic carbocycles. The van der Waals surface area contributed by atoms with E-state index in [2.05, 4.69) is 126 Å². The largest absolute Gasteiger partial charge is 0.456 e. The molecule has 0 bridgehead atoms. The van der Waals surface area contributed by atoms with Crippen molar-refractivity contribution in [3.8, 4) is 28.3 Å². The normalized spacial score (nSPS) is 12.0. The Morgan fingerprint density at radius 3 is 2.18 bits per heavy atom. The van der Waals surface area contributed by atoms with Crippen molar-refractivity contribution in [1.29, 1.82) is 0 Å². The molecule has 4 heterocycles. The molecule has 0 spiro atoms. The molecule has 45 heavy (non-hydrogen) atoms. The third-order valence-corrected chi connectivity index (χ3v) is 10.00. The van der Waals surface area contributed by atoms with Crippen LogP contribution in [0.15, 0.2) is 144 Å². The third-order valence-electron chi connectivity index (χ3n) is 8.83. The van der Waals surface area contributed by atoms with Crippen LogP contribution in [0, 0.1) is 0 Å². The molecule has 210 valence electrons. The summed E-state index contributed by atoms with van der Waals surface area (Å²) in [6, 6.07) is 48.7. The third kappa shape index (κ3) is 3.53. The number of para-hydroxylation sites is 3. The van der Waals surface area contributed by atoms with Gasteiger partial charge in [0.25, 0.3) is 0 Å². The smallest absolute Gasteiger partial charge is 0.162 e. The monoisotopic (exact) mass is 593 g/mol. The summed E-state index contributed by atoms with van der Waals surface area (Å²) >= 11 is 1.76. The molecule has 4 nitrogen and oxygen atoms in total. The maximum atomic E-state index is 6.31. The molecule has 4 aromatic heterocycles. The van der Waals surface area contributed by atoms with E-state index < -0.39 is 0 Å². The molecule has 0 amide bonds. The van der Waals surface area contributed by atoms with E-state index in [0.29, 0.717) is 5.82 Å². The van der Waals surface area contributed by atoms with Crippen LogP contribution in [0.3, 0.4) is 0 Å². The van der Waals surface area contributed by atoms with Gasteiger partial charge in [-0.2, -0.15) is 0 Å². The number of nitrogens with zero attached hydrogens (tertiary/aromatic N) is 3. The van der Waals surface area contributed by atoms with Gasteiger partial charge in [0.15, 0.2) is 5.82 Å². The molecular weight excluding hydrogens is 571 g/mol. The number of fused-ring (bicyclic) bond motifs is 10. The molecule has 0 N–H and O–H groups in total. The van der Waals surface area contributed by atoms with E-state index in [9.17, 15) is 0 Å². The van der Waals surface area contributed by atoms with Crippen LogP contribution in [0.2, 0.25) is 0 Å². The fraction of sp³-hybridized carbons (Fsp3) is 0. The maximum absolute atomic E-state index is 6.31. The lowest BCUT2D eigenvalue weighted by Gasteiger charge is -2.14. The minimum absolute atomic E-state index is 0.710.